The van der Waals surface area contributed by atoms with Crippen molar-refractivity contribution < 1.29 is 4.74 Å². The van der Waals surface area contributed by atoms with Gasteiger partial charge in [0.15, 0.2) is 5.82 Å². The fourth-order valence-corrected chi connectivity index (χ4v) is 3.28. The summed E-state index contributed by atoms with van der Waals surface area (Å²) in [7, 11) is 1.70. The third-order valence-corrected chi connectivity index (χ3v) is 4.66. The number of morpholine rings is 1. The molecule has 9 heteroatoms. The zero-order valence-electron chi connectivity index (χ0n) is 14.1. The summed E-state index contributed by atoms with van der Waals surface area (Å²) in [4.78, 5) is 22.8. The van der Waals surface area contributed by atoms with Crippen molar-refractivity contribution in [2.75, 3.05) is 36.5 Å². The lowest BCUT2D eigenvalue weighted by Crippen LogP contribution is -2.45. The van der Waals surface area contributed by atoms with E-state index in [9.17, 15) is 4.79 Å². The van der Waals surface area contributed by atoms with E-state index in [-0.39, 0.29) is 11.7 Å². The number of nitrogens with one attached hydrogen (secondary N) is 1. The third-order valence-electron chi connectivity index (χ3n) is 3.87. The van der Waals surface area contributed by atoms with Crippen molar-refractivity contribution in [3.8, 4) is 0 Å². The Morgan fingerprint density at radius 2 is 2.33 bits per heavy atom. The molecule has 3 heterocycles. The van der Waals surface area contributed by atoms with Gasteiger partial charge in [0.05, 0.1) is 12.7 Å². The average Bonchev–Trinajstić information content (AvgIpc) is 3.07. The van der Waals surface area contributed by atoms with E-state index in [1.54, 1.807) is 19.4 Å². The molecule has 130 valence electrons. The van der Waals surface area contributed by atoms with Crippen LogP contribution in [0.3, 0.4) is 0 Å². The second-order valence-corrected chi connectivity index (χ2v) is 6.83. The van der Waals surface area contributed by atoms with Gasteiger partial charge in [-0.25, -0.2) is 9.97 Å². The van der Waals surface area contributed by atoms with Gasteiger partial charge in [-0.2, -0.15) is 4.37 Å². The first-order valence-electron chi connectivity index (χ1n) is 8.00. The minimum Gasteiger partial charge on any atom is -0.373 e. The molecule has 0 radical (unpaired) electrons. The van der Waals surface area contributed by atoms with Gasteiger partial charge in [0.1, 0.15) is 5.82 Å². The van der Waals surface area contributed by atoms with Crippen LogP contribution in [-0.4, -0.2) is 51.3 Å². The fourth-order valence-electron chi connectivity index (χ4n) is 2.44. The number of aromatic nitrogens is 4. The topological polar surface area (TPSA) is 85.2 Å². The highest BCUT2D eigenvalue weighted by Gasteiger charge is 2.24. The standard InChI is InChI=1S/C15H22N6O2S/c1-10(2)12-18-15(24-19-12)21-6-7-23-11(9-21)8-17-13-14(22)20(3)5-4-16-13/h4-5,10-11H,6-9H2,1-3H3,(H,16,17)/t11-/m0/s1. The van der Waals surface area contributed by atoms with Crippen LogP contribution in [0, 0.1) is 0 Å². The third kappa shape index (κ3) is 3.73. The van der Waals surface area contributed by atoms with Crippen LogP contribution in [0.15, 0.2) is 17.2 Å². The summed E-state index contributed by atoms with van der Waals surface area (Å²) in [6.45, 7) is 6.85. The minimum atomic E-state index is -0.143. The molecule has 2 aromatic heterocycles. The molecule has 8 nitrogen and oxygen atoms in total. The molecule has 1 aliphatic heterocycles. The summed E-state index contributed by atoms with van der Waals surface area (Å²) in [5.74, 6) is 1.56. The highest BCUT2D eigenvalue weighted by Crippen LogP contribution is 2.23. The van der Waals surface area contributed by atoms with E-state index in [1.807, 2.05) is 0 Å². The van der Waals surface area contributed by atoms with Gasteiger partial charge in [-0.15, -0.1) is 0 Å². The Hall–Kier alpha value is -2.00. The molecule has 0 saturated carbocycles. The monoisotopic (exact) mass is 350 g/mol. The number of anilines is 2. The van der Waals surface area contributed by atoms with Crippen LogP contribution in [0.25, 0.3) is 0 Å². The van der Waals surface area contributed by atoms with Crippen LogP contribution < -0.4 is 15.8 Å². The molecule has 1 atom stereocenters. The highest BCUT2D eigenvalue weighted by molar-refractivity contribution is 7.09. The molecule has 0 bridgehead atoms. The van der Waals surface area contributed by atoms with E-state index in [1.165, 1.54) is 16.1 Å². The van der Waals surface area contributed by atoms with Crippen LogP contribution in [0.5, 0.6) is 0 Å². The van der Waals surface area contributed by atoms with Gasteiger partial charge in [-0.05, 0) is 0 Å². The van der Waals surface area contributed by atoms with Crippen LogP contribution >= 0.6 is 11.5 Å². The minimum absolute atomic E-state index is 0.0307. The van der Waals surface area contributed by atoms with E-state index in [0.717, 1.165) is 17.5 Å². The maximum atomic E-state index is 12.0. The lowest BCUT2D eigenvalue weighted by atomic mass is 10.2. The molecular weight excluding hydrogens is 328 g/mol. The summed E-state index contributed by atoms with van der Waals surface area (Å²) >= 11 is 1.43. The lowest BCUT2D eigenvalue weighted by molar-refractivity contribution is 0.0491. The Morgan fingerprint density at radius 1 is 1.50 bits per heavy atom. The maximum absolute atomic E-state index is 12.0. The zero-order chi connectivity index (χ0) is 17.1. The molecule has 1 saturated heterocycles. The van der Waals surface area contributed by atoms with E-state index >= 15 is 0 Å². The summed E-state index contributed by atoms with van der Waals surface area (Å²) in [6.07, 6.45) is 3.21. The van der Waals surface area contributed by atoms with Crippen molar-refractivity contribution in [1.82, 2.24) is 18.9 Å². The molecule has 1 fully saturated rings. The van der Waals surface area contributed by atoms with Gasteiger partial charge in [0.25, 0.3) is 5.56 Å². The first kappa shape index (κ1) is 16.8. The Kier molecular flexibility index (Phi) is 5.10. The Balaban J connectivity index is 1.61. The normalized spacial score (nSPS) is 18.2. The van der Waals surface area contributed by atoms with Crippen LogP contribution in [-0.2, 0) is 11.8 Å². The molecular formula is C15H22N6O2S. The number of nitrogens with zero attached hydrogens (tertiary/aromatic N) is 5. The Morgan fingerprint density at radius 3 is 3.08 bits per heavy atom. The Labute approximate surface area is 144 Å². The number of ether oxygens (including phenoxy) is 1. The van der Waals surface area contributed by atoms with Crippen molar-refractivity contribution >= 4 is 22.5 Å². The summed E-state index contributed by atoms with van der Waals surface area (Å²) in [5.41, 5.74) is -0.143. The number of hydrogen-bond acceptors (Lipinski definition) is 8. The predicted octanol–water partition coefficient (Wildman–Crippen LogP) is 1.07. The van der Waals surface area contributed by atoms with Crippen molar-refractivity contribution in [3.63, 3.8) is 0 Å². The first-order valence-corrected chi connectivity index (χ1v) is 8.77. The number of rotatable bonds is 5. The SMILES string of the molecule is CC(C)c1nsc(N2CCO[C@@H](CNc3nccn(C)c3=O)C2)n1. The maximum Gasteiger partial charge on any atom is 0.293 e. The van der Waals surface area contributed by atoms with Crippen molar-refractivity contribution in [2.45, 2.75) is 25.9 Å². The molecule has 2 aromatic rings. The molecule has 0 spiro atoms. The Bertz CT molecular complexity index is 744. The van der Waals surface area contributed by atoms with Crippen molar-refractivity contribution in [2.24, 2.45) is 7.05 Å². The van der Waals surface area contributed by atoms with Crippen molar-refractivity contribution in [3.05, 3.63) is 28.6 Å². The first-order chi connectivity index (χ1) is 11.5. The summed E-state index contributed by atoms with van der Waals surface area (Å²) in [6, 6.07) is 0. The van der Waals surface area contributed by atoms with Gasteiger partial charge in [-0.3, -0.25) is 4.79 Å². The summed E-state index contributed by atoms with van der Waals surface area (Å²) < 4.78 is 11.7. The quantitative estimate of drug-likeness (QED) is 0.863. The van der Waals surface area contributed by atoms with Gasteiger partial charge in [0, 0.05) is 56.5 Å². The van der Waals surface area contributed by atoms with Crippen LogP contribution in [0.4, 0.5) is 10.9 Å². The molecule has 3 rings (SSSR count). The molecule has 0 aliphatic carbocycles. The smallest absolute Gasteiger partial charge is 0.293 e. The van der Waals surface area contributed by atoms with Crippen molar-refractivity contribution in [1.29, 1.82) is 0 Å². The molecule has 1 N–H and O–H groups in total. The molecule has 0 aromatic carbocycles. The fraction of sp³-hybridized carbons (Fsp3) is 0.600. The van der Waals surface area contributed by atoms with Gasteiger partial charge in [-0.1, -0.05) is 13.8 Å². The van der Waals surface area contributed by atoms with Crippen LogP contribution in [0.2, 0.25) is 0 Å². The van der Waals surface area contributed by atoms with E-state index in [0.29, 0.717) is 31.4 Å². The second kappa shape index (κ2) is 7.27. The lowest BCUT2D eigenvalue weighted by Gasteiger charge is -2.32. The molecule has 0 amide bonds. The zero-order valence-corrected chi connectivity index (χ0v) is 14.9. The molecule has 0 unspecified atom stereocenters. The number of hydrogen-bond donors (Lipinski definition) is 1. The highest BCUT2D eigenvalue weighted by atomic mass is 32.1. The second-order valence-electron chi connectivity index (χ2n) is 6.10. The largest absolute Gasteiger partial charge is 0.373 e. The van der Waals surface area contributed by atoms with E-state index in [4.69, 9.17) is 4.74 Å². The number of aryl methyl sites for hydroxylation is 1. The van der Waals surface area contributed by atoms with E-state index < -0.39 is 0 Å². The average molecular weight is 350 g/mol. The van der Waals surface area contributed by atoms with Crippen LogP contribution in [0.1, 0.15) is 25.6 Å². The molecule has 24 heavy (non-hydrogen) atoms. The van der Waals surface area contributed by atoms with Gasteiger partial charge >= 0.3 is 0 Å². The van der Waals surface area contributed by atoms with Gasteiger partial charge in [0.2, 0.25) is 5.13 Å². The van der Waals surface area contributed by atoms with Gasteiger partial charge < -0.3 is 19.5 Å². The summed E-state index contributed by atoms with van der Waals surface area (Å²) in [5, 5.41) is 4.02. The predicted molar refractivity (Wildman–Crippen MR) is 93.9 cm³/mol. The van der Waals surface area contributed by atoms with E-state index in [2.05, 4.69) is 38.4 Å². The molecule has 1 aliphatic rings.